The van der Waals surface area contributed by atoms with Crippen LogP contribution in [-0.4, -0.2) is 43.6 Å². The molecule has 1 aromatic rings. The molecule has 4 heteroatoms. The number of rotatable bonds is 2. The van der Waals surface area contributed by atoms with Crippen molar-refractivity contribution < 1.29 is 9.53 Å². The van der Waals surface area contributed by atoms with E-state index in [4.69, 9.17) is 4.74 Å². The largest absolute Gasteiger partial charge is 0.492 e. The molecule has 1 fully saturated rings. The molecule has 3 unspecified atom stereocenters. The molecule has 1 saturated heterocycles. The first kappa shape index (κ1) is 13.4. The molecular formula is C16H22N2O2. The van der Waals surface area contributed by atoms with Gasteiger partial charge in [-0.2, -0.15) is 0 Å². The number of likely N-dealkylation sites (tertiary alicyclic amines) is 1. The number of hydrogen-bond acceptors (Lipinski definition) is 3. The molecule has 3 rings (SSSR count). The second kappa shape index (κ2) is 5.44. The van der Waals surface area contributed by atoms with Crippen molar-refractivity contribution in [1.29, 1.82) is 0 Å². The highest BCUT2D eigenvalue weighted by Gasteiger charge is 2.36. The third-order valence-corrected chi connectivity index (χ3v) is 4.59. The van der Waals surface area contributed by atoms with Gasteiger partial charge in [-0.15, -0.1) is 0 Å². The number of para-hydroxylation sites is 1. The smallest absolute Gasteiger partial charge is 0.233 e. The summed E-state index contributed by atoms with van der Waals surface area (Å²) in [5.74, 6) is 1.46. The number of fused-ring (bicyclic) bond motifs is 1. The SMILES string of the molecule is CNC1CCN(C(=O)C2COc3ccccc32)CC1C. The Bertz CT molecular complexity index is 503. The molecule has 1 N–H and O–H groups in total. The summed E-state index contributed by atoms with van der Waals surface area (Å²) in [6.45, 7) is 4.37. The molecule has 0 bridgehead atoms. The van der Waals surface area contributed by atoms with E-state index in [1.807, 2.05) is 36.2 Å². The van der Waals surface area contributed by atoms with Gasteiger partial charge in [0.25, 0.3) is 0 Å². The maximum absolute atomic E-state index is 12.7. The fourth-order valence-corrected chi connectivity index (χ4v) is 3.36. The van der Waals surface area contributed by atoms with E-state index in [-0.39, 0.29) is 11.8 Å². The van der Waals surface area contributed by atoms with Gasteiger partial charge < -0.3 is 15.0 Å². The van der Waals surface area contributed by atoms with Crippen molar-refractivity contribution in [3.63, 3.8) is 0 Å². The van der Waals surface area contributed by atoms with Gasteiger partial charge in [0.15, 0.2) is 0 Å². The summed E-state index contributed by atoms with van der Waals surface area (Å²) in [7, 11) is 2.00. The van der Waals surface area contributed by atoms with Crippen LogP contribution in [0.2, 0.25) is 0 Å². The highest BCUT2D eigenvalue weighted by Crippen LogP contribution is 2.35. The summed E-state index contributed by atoms with van der Waals surface area (Å²) in [4.78, 5) is 14.7. The fourth-order valence-electron chi connectivity index (χ4n) is 3.36. The lowest BCUT2D eigenvalue weighted by molar-refractivity contribution is -0.135. The van der Waals surface area contributed by atoms with Crippen molar-refractivity contribution in [2.45, 2.75) is 25.3 Å². The van der Waals surface area contributed by atoms with Crippen LogP contribution in [0.25, 0.3) is 0 Å². The molecule has 2 aliphatic heterocycles. The Labute approximate surface area is 120 Å². The third kappa shape index (κ3) is 2.29. The first-order valence-corrected chi connectivity index (χ1v) is 7.38. The molecule has 0 spiro atoms. The van der Waals surface area contributed by atoms with Gasteiger partial charge in [0.1, 0.15) is 18.3 Å². The molecule has 108 valence electrons. The van der Waals surface area contributed by atoms with Gasteiger partial charge in [-0.05, 0) is 25.5 Å². The number of carbonyl (C=O) groups is 1. The molecule has 3 atom stereocenters. The van der Waals surface area contributed by atoms with Crippen LogP contribution in [-0.2, 0) is 4.79 Å². The Morgan fingerprint density at radius 1 is 1.40 bits per heavy atom. The minimum absolute atomic E-state index is 0.121. The lowest BCUT2D eigenvalue weighted by Crippen LogP contribution is -2.50. The Hall–Kier alpha value is -1.55. The summed E-state index contributed by atoms with van der Waals surface area (Å²) >= 11 is 0. The van der Waals surface area contributed by atoms with Crippen molar-refractivity contribution in [3.05, 3.63) is 29.8 Å². The van der Waals surface area contributed by atoms with Gasteiger partial charge in [-0.1, -0.05) is 25.1 Å². The molecule has 20 heavy (non-hydrogen) atoms. The van der Waals surface area contributed by atoms with E-state index < -0.39 is 0 Å². The van der Waals surface area contributed by atoms with E-state index >= 15 is 0 Å². The van der Waals surface area contributed by atoms with E-state index in [1.54, 1.807) is 0 Å². The molecule has 0 saturated carbocycles. The number of carbonyl (C=O) groups excluding carboxylic acids is 1. The van der Waals surface area contributed by atoms with E-state index in [2.05, 4.69) is 12.2 Å². The van der Waals surface area contributed by atoms with Crippen LogP contribution >= 0.6 is 0 Å². The van der Waals surface area contributed by atoms with Crippen LogP contribution in [0, 0.1) is 5.92 Å². The lowest BCUT2D eigenvalue weighted by atomic mass is 9.92. The third-order valence-electron chi connectivity index (χ3n) is 4.59. The predicted octanol–water partition coefficient (Wildman–Crippen LogP) is 1.62. The van der Waals surface area contributed by atoms with Crippen molar-refractivity contribution in [2.24, 2.45) is 5.92 Å². The molecule has 0 aliphatic carbocycles. The van der Waals surface area contributed by atoms with Crippen molar-refractivity contribution in [1.82, 2.24) is 10.2 Å². The highest BCUT2D eigenvalue weighted by atomic mass is 16.5. The fraction of sp³-hybridized carbons (Fsp3) is 0.562. The predicted molar refractivity (Wildman–Crippen MR) is 77.9 cm³/mol. The van der Waals surface area contributed by atoms with Crippen molar-refractivity contribution in [3.8, 4) is 5.75 Å². The molecule has 0 aromatic heterocycles. The summed E-state index contributed by atoms with van der Waals surface area (Å²) in [6, 6.07) is 8.40. The average Bonchev–Trinajstić information content (AvgIpc) is 2.90. The first-order valence-electron chi connectivity index (χ1n) is 7.38. The van der Waals surface area contributed by atoms with Crippen LogP contribution in [0.3, 0.4) is 0 Å². The molecular weight excluding hydrogens is 252 g/mol. The van der Waals surface area contributed by atoms with Gasteiger partial charge in [0.05, 0.1) is 0 Å². The van der Waals surface area contributed by atoms with E-state index in [0.717, 1.165) is 30.8 Å². The number of nitrogens with zero attached hydrogens (tertiary/aromatic N) is 1. The molecule has 1 aromatic carbocycles. The number of piperidine rings is 1. The molecule has 0 radical (unpaired) electrons. The summed E-state index contributed by atoms with van der Waals surface area (Å²) in [5.41, 5.74) is 1.04. The van der Waals surface area contributed by atoms with E-state index in [9.17, 15) is 4.79 Å². The molecule has 2 aliphatic rings. The minimum atomic E-state index is -0.121. The normalized spacial score (nSPS) is 28.9. The number of amides is 1. The van der Waals surface area contributed by atoms with Gasteiger partial charge in [-0.3, -0.25) is 4.79 Å². The zero-order valence-corrected chi connectivity index (χ0v) is 12.1. The maximum Gasteiger partial charge on any atom is 0.233 e. The van der Waals surface area contributed by atoms with Gasteiger partial charge in [-0.25, -0.2) is 0 Å². The average molecular weight is 274 g/mol. The monoisotopic (exact) mass is 274 g/mol. The van der Waals surface area contributed by atoms with Crippen LogP contribution in [0.5, 0.6) is 5.75 Å². The molecule has 4 nitrogen and oxygen atoms in total. The number of nitrogens with one attached hydrogen (secondary N) is 1. The first-order chi connectivity index (χ1) is 9.70. The molecule has 2 heterocycles. The lowest BCUT2D eigenvalue weighted by Gasteiger charge is -2.37. The number of benzene rings is 1. The summed E-state index contributed by atoms with van der Waals surface area (Å²) < 4.78 is 5.63. The van der Waals surface area contributed by atoms with Gasteiger partial charge >= 0.3 is 0 Å². The Morgan fingerprint density at radius 2 is 2.20 bits per heavy atom. The van der Waals surface area contributed by atoms with Crippen LogP contribution in [0.4, 0.5) is 0 Å². The van der Waals surface area contributed by atoms with Crippen LogP contribution in [0.15, 0.2) is 24.3 Å². The maximum atomic E-state index is 12.7. The van der Waals surface area contributed by atoms with Gasteiger partial charge in [0, 0.05) is 24.7 Å². The Balaban J connectivity index is 1.72. The zero-order valence-electron chi connectivity index (χ0n) is 12.1. The highest BCUT2D eigenvalue weighted by molar-refractivity contribution is 5.85. The Morgan fingerprint density at radius 3 is 2.95 bits per heavy atom. The minimum Gasteiger partial charge on any atom is -0.492 e. The summed E-state index contributed by atoms with van der Waals surface area (Å²) in [5, 5.41) is 3.34. The second-order valence-electron chi connectivity index (χ2n) is 5.85. The van der Waals surface area contributed by atoms with E-state index in [0.29, 0.717) is 18.6 Å². The quantitative estimate of drug-likeness (QED) is 0.891. The molecule has 1 amide bonds. The van der Waals surface area contributed by atoms with Gasteiger partial charge in [0.2, 0.25) is 5.91 Å². The standard InChI is InChI=1S/C16H22N2O2/c1-11-9-18(8-7-14(11)17-2)16(19)13-10-20-15-6-4-3-5-12(13)15/h3-6,11,13-14,17H,7-10H2,1-2H3. The number of hydrogen-bond donors (Lipinski definition) is 1. The zero-order chi connectivity index (χ0) is 14.1. The summed E-state index contributed by atoms with van der Waals surface area (Å²) in [6.07, 6.45) is 1.03. The van der Waals surface area contributed by atoms with Crippen molar-refractivity contribution in [2.75, 3.05) is 26.7 Å². The van der Waals surface area contributed by atoms with Crippen LogP contribution in [0.1, 0.15) is 24.8 Å². The van der Waals surface area contributed by atoms with Crippen molar-refractivity contribution >= 4 is 5.91 Å². The Kier molecular flexibility index (Phi) is 3.66. The van der Waals surface area contributed by atoms with E-state index in [1.165, 1.54) is 0 Å². The van der Waals surface area contributed by atoms with Crippen LogP contribution < -0.4 is 10.1 Å². The number of ether oxygens (including phenoxy) is 1. The topological polar surface area (TPSA) is 41.6 Å². The second-order valence-corrected chi connectivity index (χ2v) is 5.85.